The van der Waals surface area contributed by atoms with E-state index in [9.17, 15) is 18.4 Å². The smallest absolute Gasteiger partial charge is 0.261 e. The Bertz CT molecular complexity index is 1320. The molecule has 2 N–H and O–H groups in total. The van der Waals surface area contributed by atoms with E-state index in [1.54, 1.807) is 37.3 Å². The second-order valence-electron chi connectivity index (χ2n) is 7.04. The van der Waals surface area contributed by atoms with Crippen LogP contribution in [0, 0.1) is 25.5 Å². The van der Waals surface area contributed by atoms with Crippen molar-refractivity contribution in [3.63, 3.8) is 0 Å². The molecule has 166 valence electrons. The zero-order valence-corrected chi connectivity index (χ0v) is 17.5. The van der Waals surface area contributed by atoms with E-state index in [-0.39, 0.29) is 23.0 Å². The van der Waals surface area contributed by atoms with Crippen molar-refractivity contribution in [2.24, 2.45) is 0 Å². The molecule has 0 unspecified atom stereocenters. The maximum absolute atomic E-state index is 14.2. The molecule has 9 nitrogen and oxygen atoms in total. The third kappa shape index (κ3) is 4.42. The first kappa shape index (κ1) is 21.7. The minimum absolute atomic E-state index is 0.0796. The van der Waals surface area contributed by atoms with Crippen LogP contribution >= 0.6 is 0 Å². The van der Waals surface area contributed by atoms with Gasteiger partial charge < -0.3 is 0 Å². The third-order valence-corrected chi connectivity index (χ3v) is 4.69. The van der Waals surface area contributed by atoms with Crippen LogP contribution in [0.5, 0.6) is 0 Å². The number of halogens is 2. The Labute approximate surface area is 186 Å². The van der Waals surface area contributed by atoms with Crippen molar-refractivity contribution < 1.29 is 18.4 Å². The number of carbonyl (C=O) groups excluding carboxylic acids is 2. The second kappa shape index (κ2) is 8.91. The van der Waals surface area contributed by atoms with Gasteiger partial charge in [0, 0.05) is 12.4 Å². The highest BCUT2D eigenvalue weighted by atomic mass is 19.1. The van der Waals surface area contributed by atoms with Crippen LogP contribution in [0.3, 0.4) is 0 Å². The summed E-state index contributed by atoms with van der Waals surface area (Å²) in [4.78, 5) is 37.0. The molecule has 0 saturated carbocycles. The van der Waals surface area contributed by atoms with E-state index in [2.05, 4.69) is 30.7 Å². The number of benzene rings is 1. The molecular weight excluding hydrogens is 432 g/mol. The first-order valence-electron chi connectivity index (χ1n) is 9.70. The lowest BCUT2D eigenvalue weighted by molar-refractivity contribution is 0.101. The van der Waals surface area contributed by atoms with Crippen LogP contribution in [0.15, 0.2) is 55.1 Å². The maximum Gasteiger partial charge on any atom is 0.261 e. The molecule has 0 saturated heterocycles. The fourth-order valence-corrected chi connectivity index (χ4v) is 3.16. The SMILES string of the molecule is Cc1cncc(F)c1C(=O)Nc1nc(NC(=O)c2c(C)cncc2F)n(-c2ccccc2)n1. The van der Waals surface area contributed by atoms with Gasteiger partial charge >= 0.3 is 0 Å². The predicted molar refractivity (Wildman–Crippen MR) is 115 cm³/mol. The zero-order chi connectivity index (χ0) is 23.5. The molecule has 4 aromatic rings. The van der Waals surface area contributed by atoms with E-state index in [0.29, 0.717) is 16.8 Å². The molecule has 0 aliphatic carbocycles. The Hall–Kier alpha value is -4.54. The summed E-state index contributed by atoms with van der Waals surface area (Å²) >= 11 is 0. The van der Waals surface area contributed by atoms with Crippen molar-refractivity contribution in [3.05, 3.63) is 89.0 Å². The number of hydrogen-bond acceptors (Lipinski definition) is 6. The summed E-state index contributed by atoms with van der Waals surface area (Å²) in [6.07, 6.45) is 4.57. The Morgan fingerprint density at radius 3 is 1.91 bits per heavy atom. The van der Waals surface area contributed by atoms with Crippen molar-refractivity contribution in [1.29, 1.82) is 0 Å². The van der Waals surface area contributed by atoms with Crippen LogP contribution in [-0.2, 0) is 0 Å². The number of aryl methyl sites for hydroxylation is 2. The summed E-state index contributed by atoms with van der Waals surface area (Å²) in [6.45, 7) is 3.09. The van der Waals surface area contributed by atoms with Gasteiger partial charge in [0.1, 0.15) is 0 Å². The van der Waals surface area contributed by atoms with Crippen LogP contribution < -0.4 is 10.6 Å². The molecule has 2 amide bonds. The van der Waals surface area contributed by atoms with Gasteiger partial charge in [-0.3, -0.25) is 30.2 Å². The van der Waals surface area contributed by atoms with Gasteiger partial charge in [-0.05, 0) is 37.1 Å². The molecule has 4 rings (SSSR count). The summed E-state index contributed by atoms with van der Waals surface area (Å²) in [5.74, 6) is -3.43. The van der Waals surface area contributed by atoms with E-state index >= 15 is 0 Å². The van der Waals surface area contributed by atoms with Crippen molar-refractivity contribution in [2.45, 2.75) is 13.8 Å². The standard InChI is InChI=1S/C22H17F2N7O2/c1-12-8-25-10-15(23)17(12)19(32)27-21-29-22(31(30-21)14-6-4-3-5-7-14)28-20(33)18-13(2)9-26-11-16(18)24/h3-11H,1-2H3,(H2,27,28,29,30,32,33). The molecule has 3 heterocycles. The summed E-state index contributed by atoms with van der Waals surface area (Å²) in [6, 6.07) is 8.65. The van der Waals surface area contributed by atoms with Crippen molar-refractivity contribution in [2.75, 3.05) is 10.6 Å². The summed E-state index contributed by atoms with van der Waals surface area (Å²) in [7, 11) is 0. The zero-order valence-electron chi connectivity index (χ0n) is 17.5. The molecule has 0 bridgehead atoms. The molecule has 0 aliphatic rings. The number of hydrogen-bond donors (Lipinski definition) is 2. The van der Waals surface area contributed by atoms with E-state index < -0.39 is 23.4 Å². The Morgan fingerprint density at radius 1 is 0.818 bits per heavy atom. The number of para-hydroxylation sites is 1. The Kier molecular flexibility index (Phi) is 5.85. The molecule has 0 fully saturated rings. The van der Waals surface area contributed by atoms with Gasteiger partial charge in [0.25, 0.3) is 17.8 Å². The number of anilines is 2. The fraction of sp³-hybridized carbons (Fsp3) is 0.0909. The topological polar surface area (TPSA) is 115 Å². The molecule has 0 atom stereocenters. The van der Waals surface area contributed by atoms with Gasteiger partial charge in [0.2, 0.25) is 5.95 Å². The van der Waals surface area contributed by atoms with E-state index in [0.717, 1.165) is 12.4 Å². The fourth-order valence-electron chi connectivity index (χ4n) is 3.16. The monoisotopic (exact) mass is 449 g/mol. The lowest BCUT2D eigenvalue weighted by Crippen LogP contribution is -2.18. The number of aromatic nitrogens is 5. The largest absolute Gasteiger partial charge is 0.290 e. The Balaban J connectivity index is 1.70. The van der Waals surface area contributed by atoms with Crippen LogP contribution in [0.2, 0.25) is 0 Å². The highest BCUT2D eigenvalue weighted by molar-refractivity contribution is 6.06. The molecule has 11 heteroatoms. The van der Waals surface area contributed by atoms with Gasteiger partial charge in [0.15, 0.2) is 11.6 Å². The minimum atomic E-state index is -0.799. The molecule has 33 heavy (non-hydrogen) atoms. The van der Waals surface area contributed by atoms with E-state index in [4.69, 9.17) is 0 Å². The van der Waals surface area contributed by atoms with Crippen LogP contribution in [0.4, 0.5) is 20.7 Å². The number of rotatable bonds is 5. The van der Waals surface area contributed by atoms with E-state index in [1.807, 2.05) is 0 Å². The average Bonchev–Trinajstić information content (AvgIpc) is 3.16. The number of carbonyl (C=O) groups is 2. The highest BCUT2D eigenvalue weighted by Crippen LogP contribution is 2.20. The molecule has 0 spiro atoms. The van der Waals surface area contributed by atoms with Gasteiger partial charge in [-0.2, -0.15) is 9.67 Å². The van der Waals surface area contributed by atoms with Crippen molar-refractivity contribution >= 4 is 23.7 Å². The van der Waals surface area contributed by atoms with E-state index in [1.165, 1.54) is 24.0 Å². The first-order valence-corrected chi connectivity index (χ1v) is 9.70. The minimum Gasteiger partial charge on any atom is -0.290 e. The lowest BCUT2D eigenvalue weighted by Gasteiger charge is -2.09. The van der Waals surface area contributed by atoms with Crippen LogP contribution in [-0.4, -0.2) is 36.5 Å². The molecular formula is C22H17F2N7O2. The third-order valence-electron chi connectivity index (χ3n) is 4.69. The number of nitrogens with one attached hydrogen (secondary N) is 2. The summed E-state index contributed by atoms with van der Waals surface area (Å²) in [5.41, 5.74) is 0.760. The van der Waals surface area contributed by atoms with Crippen molar-refractivity contribution in [3.8, 4) is 5.69 Å². The lowest BCUT2D eigenvalue weighted by atomic mass is 10.1. The average molecular weight is 449 g/mol. The number of amides is 2. The molecule has 1 aromatic carbocycles. The predicted octanol–water partition coefficient (Wildman–Crippen LogP) is 3.46. The highest BCUT2D eigenvalue weighted by Gasteiger charge is 2.22. The van der Waals surface area contributed by atoms with Crippen molar-refractivity contribution in [1.82, 2.24) is 24.7 Å². The number of pyridine rings is 2. The second-order valence-corrected chi connectivity index (χ2v) is 7.04. The quantitative estimate of drug-likeness (QED) is 0.482. The molecule has 3 aromatic heterocycles. The van der Waals surface area contributed by atoms with Crippen LogP contribution in [0.25, 0.3) is 5.69 Å². The maximum atomic E-state index is 14.2. The number of nitrogens with zero attached hydrogens (tertiary/aromatic N) is 5. The van der Waals surface area contributed by atoms with Gasteiger partial charge in [0.05, 0.1) is 29.2 Å². The molecule has 0 aliphatic heterocycles. The van der Waals surface area contributed by atoms with Gasteiger partial charge in [-0.15, -0.1) is 5.10 Å². The summed E-state index contributed by atoms with van der Waals surface area (Å²) in [5, 5.41) is 9.14. The van der Waals surface area contributed by atoms with Gasteiger partial charge in [-0.25, -0.2) is 8.78 Å². The summed E-state index contributed by atoms with van der Waals surface area (Å²) < 4.78 is 29.6. The van der Waals surface area contributed by atoms with Crippen LogP contribution in [0.1, 0.15) is 31.8 Å². The normalized spacial score (nSPS) is 10.7. The first-order chi connectivity index (χ1) is 15.8. The molecule has 0 radical (unpaired) electrons. The van der Waals surface area contributed by atoms with Gasteiger partial charge in [-0.1, -0.05) is 18.2 Å². The Morgan fingerprint density at radius 2 is 1.36 bits per heavy atom.